The fourth-order valence-electron chi connectivity index (χ4n) is 2.43. The molecule has 0 unspecified atom stereocenters. The first kappa shape index (κ1) is 16.0. The lowest BCUT2D eigenvalue weighted by Gasteiger charge is -2.06. The van der Waals surface area contributed by atoms with Crippen molar-refractivity contribution in [2.24, 2.45) is 0 Å². The number of hydrogen-bond acceptors (Lipinski definition) is 2. The number of benzene rings is 1. The summed E-state index contributed by atoms with van der Waals surface area (Å²) in [6.45, 7) is 2.07. The predicted molar refractivity (Wildman–Crippen MR) is 94.1 cm³/mol. The first-order valence-corrected chi connectivity index (χ1v) is 8.37. The third kappa shape index (κ3) is 4.82. The van der Waals surface area contributed by atoms with Crippen molar-refractivity contribution in [1.29, 1.82) is 5.26 Å². The quantitative estimate of drug-likeness (QED) is 0.524. The van der Waals surface area contributed by atoms with Crippen LogP contribution in [0.3, 0.4) is 0 Å². The average Bonchev–Trinajstić information content (AvgIpc) is 2.50. The van der Waals surface area contributed by atoms with E-state index in [1.807, 2.05) is 30.5 Å². The molecule has 1 aromatic carbocycles. The zero-order valence-electron chi connectivity index (χ0n) is 12.3. The number of aromatic nitrogens is 1. The van der Waals surface area contributed by atoms with Crippen molar-refractivity contribution in [2.45, 2.75) is 39.0 Å². The molecule has 0 radical (unpaired) electrons. The van der Waals surface area contributed by atoms with E-state index < -0.39 is 0 Å². The molecule has 0 aliphatic carbocycles. The second-order valence-electron chi connectivity index (χ2n) is 5.23. The maximum atomic E-state index is 8.96. The Morgan fingerprint density at radius 2 is 1.86 bits per heavy atom. The number of nitriles is 1. The lowest BCUT2D eigenvalue weighted by atomic mass is 10.0. The molecule has 0 fully saturated rings. The molecule has 0 aliphatic rings. The van der Waals surface area contributed by atoms with Crippen molar-refractivity contribution in [2.75, 3.05) is 0 Å². The molecule has 2 rings (SSSR count). The second kappa shape index (κ2) is 8.14. The van der Waals surface area contributed by atoms with E-state index in [-0.39, 0.29) is 0 Å². The predicted octanol–water partition coefficient (Wildman–Crippen LogP) is 4.82. The Bertz CT molecular complexity index is 644. The van der Waals surface area contributed by atoms with Crippen LogP contribution in [0.1, 0.15) is 41.6 Å². The van der Waals surface area contributed by atoms with Gasteiger partial charge in [-0.1, -0.05) is 12.5 Å². The van der Waals surface area contributed by atoms with Crippen molar-refractivity contribution >= 4 is 22.6 Å². The lowest BCUT2D eigenvalue weighted by molar-refractivity contribution is 0.674. The molecule has 0 bridgehead atoms. The first-order valence-electron chi connectivity index (χ1n) is 7.29. The summed E-state index contributed by atoms with van der Waals surface area (Å²) in [6.07, 6.45) is 7.59. The van der Waals surface area contributed by atoms with Gasteiger partial charge in [0.25, 0.3) is 0 Å². The van der Waals surface area contributed by atoms with Crippen LogP contribution in [0.15, 0.2) is 36.5 Å². The topological polar surface area (TPSA) is 36.7 Å². The van der Waals surface area contributed by atoms with Gasteiger partial charge in [0.2, 0.25) is 0 Å². The number of unbranched alkanes of at least 4 members (excludes halogenated alkanes) is 2. The van der Waals surface area contributed by atoms with Crippen LogP contribution in [-0.2, 0) is 12.8 Å². The molecule has 0 saturated heterocycles. The average molecular weight is 390 g/mol. The first-order chi connectivity index (χ1) is 10.2. The van der Waals surface area contributed by atoms with Crippen LogP contribution < -0.4 is 0 Å². The van der Waals surface area contributed by atoms with Gasteiger partial charge in [-0.15, -0.1) is 0 Å². The van der Waals surface area contributed by atoms with Gasteiger partial charge in [0.05, 0.1) is 11.6 Å². The number of aryl methyl sites for hydroxylation is 3. The summed E-state index contributed by atoms with van der Waals surface area (Å²) in [5, 5.41) is 8.96. The smallest absolute Gasteiger partial charge is 0.0991 e. The summed E-state index contributed by atoms with van der Waals surface area (Å²) < 4.78 is 1.26. The van der Waals surface area contributed by atoms with Crippen molar-refractivity contribution in [1.82, 2.24) is 4.98 Å². The van der Waals surface area contributed by atoms with Gasteiger partial charge in [0, 0.05) is 15.5 Å². The van der Waals surface area contributed by atoms with Crippen LogP contribution in [0.5, 0.6) is 0 Å². The summed E-state index contributed by atoms with van der Waals surface area (Å²) in [5.74, 6) is 0. The minimum absolute atomic E-state index is 0.761. The van der Waals surface area contributed by atoms with E-state index in [1.54, 1.807) is 0 Å². The molecule has 0 N–H and O–H groups in total. The van der Waals surface area contributed by atoms with E-state index in [2.05, 4.69) is 46.6 Å². The maximum Gasteiger partial charge on any atom is 0.0991 e. The van der Waals surface area contributed by atoms with E-state index in [1.165, 1.54) is 34.0 Å². The molecule has 2 aromatic rings. The molecule has 0 atom stereocenters. The second-order valence-corrected chi connectivity index (χ2v) is 6.39. The van der Waals surface area contributed by atoms with Gasteiger partial charge >= 0.3 is 0 Å². The summed E-state index contributed by atoms with van der Waals surface area (Å²) in [7, 11) is 0. The lowest BCUT2D eigenvalue weighted by Crippen LogP contribution is -1.94. The number of rotatable bonds is 6. The summed E-state index contributed by atoms with van der Waals surface area (Å²) in [6, 6.07) is 12.3. The van der Waals surface area contributed by atoms with Crippen LogP contribution in [0.25, 0.3) is 0 Å². The van der Waals surface area contributed by atoms with Crippen LogP contribution in [-0.4, -0.2) is 4.98 Å². The van der Waals surface area contributed by atoms with Crippen LogP contribution >= 0.6 is 22.6 Å². The van der Waals surface area contributed by atoms with E-state index in [4.69, 9.17) is 5.26 Å². The zero-order chi connectivity index (χ0) is 15.1. The van der Waals surface area contributed by atoms with Crippen molar-refractivity contribution in [3.63, 3.8) is 0 Å². The van der Waals surface area contributed by atoms with Crippen LogP contribution in [0.2, 0.25) is 0 Å². The highest BCUT2D eigenvalue weighted by Gasteiger charge is 2.02. The third-order valence-electron chi connectivity index (χ3n) is 3.68. The molecule has 0 saturated carbocycles. The monoisotopic (exact) mass is 390 g/mol. The van der Waals surface area contributed by atoms with Gasteiger partial charge in [-0.25, -0.2) is 0 Å². The number of hydrogen-bond donors (Lipinski definition) is 0. The van der Waals surface area contributed by atoms with Gasteiger partial charge in [0.1, 0.15) is 0 Å². The van der Waals surface area contributed by atoms with Gasteiger partial charge < -0.3 is 0 Å². The van der Waals surface area contributed by atoms with E-state index in [0.29, 0.717) is 0 Å². The Labute approximate surface area is 140 Å². The molecule has 1 heterocycles. The largest absolute Gasteiger partial charge is 0.261 e. The van der Waals surface area contributed by atoms with Gasteiger partial charge in [0.15, 0.2) is 0 Å². The maximum absolute atomic E-state index is 8.96. The Kier molecular flexibility index (Phi) is 6.19. The Morgan fingerprint density at radius 1 is 1.10 bits per heavy atom. The molecule has 3 heteroatoms. The molecule has 2 nitrogen and oxygen atoms in total. The molecular weight excluding hydrogens is 371 g/mol. The van der Waals surface area contributed by atoms with Crippen molar-refractivity contribution in [3.05, 3.63) is 62.5 Å². The molecule has 0 aliphatic heterocycles. The number of halogens is 1. The van der Waals surface area contributed by atoms with Gasteiger partial charge in [-0.3, -0.25) is 4.98 Å². The Hall–Kier alpha value is -1.41. The number of pyridine rings is 1. The molecular formula is C18H19IN2. The summed E-state index contributed by atoms with van der Waals surface area (Å²) in [5.41, 5.74) is 4.57. The minimum Gasteiger partial charge on any atom is -0.261 e. The highest BCUT2D eigenvalue weighted by atomic mass is 127. The summed E-state index contributed by atoms with van der Waals surface area (Å²) >= 11 is 2.35. The Morgan fingerprint density at radius 3 is 2.57 bits per heavy atom. The SMILES string of the molecule is Cc1ncccc1CCCCCc1cc(C#N)ccc1I. The van der Waals surface area contributed by atoms with Crippen molar-refractivity contribution in [3.8, 4) is 6.07 Å². The Balaban J connectivity index is 1.78. The third-order valence-corrected chi connectivity index (χ3v) is 4.74. The molecule has 1 aromatic heterocycles. The normalized spacial score (nSPS) is 10.3. The molecule has 108 valence electrons. The molecule has 0 spiro atoms. The van der Waals surface area contributed by atoms with Gasteiger partial charge in [-0.2, -0.15) is 5.26 Å². The molecule has 0 amide bonds. The standard InChI is InChI=1S/C18H19IN2/c1-14-16(8-5-11-21-14)6-3-2-4-7-17-12-15(13-20)9-10-18(17)19/h5,8-12H,2-4,6-7H2,1H3. The highest BCUT2D eigenvalue weighted by Crippen LogP contribution is 2.18. The zero-order valence-corrected chi connectivity index (χ0v) is 14.4. The van der Waals surface area contributed by atoms with Crippen molar-refractivity contribution < 1.29 is 0 Å². The van der Waals surface area contributed by atoms with E-state index in [0.717, 1.165) is 24.1 Å². The minimum atomic E-state index is 0.761. The summed E-state index contributed by atoms with van der Waals surface area (Å²) in [4.78, 5) is 4.32. The van der Waals surface area contributed by atoms with Crippen LogP contribution in [0.4, 0.5) is 0 Å². The van der Waals surface area contributed by atoms with E-state index >= 15 is 0 Å². The number of nitrogens with zero attached hydrogens (tertiary/aromatic N) is 2. The fraction of sp³-hybridized carbons (Fsp3) is 0.333. The van der Waals surface area contributed by atoms with Crippen LogP contribution in [0, 0.1) is 21.8 Å². The van der Waals surface area contributed by atoms with Gasteiger partial charge in [-0.05, 0) is 90.6 Å². The molecule has 21 heavy (non-hydrogen) atoms. The van der Waals surface area contributed by atoms with E-state index in [9.17, 15) is 0 Å². The highest BCUT2D eigenvalue weighted by molar-refractivity contribution is 14.1. The fourth-order valence-corrected chi connectivity index (χ4v) is 3.03.